The van der Waals surface area contributed by atoms with Gasteiger partial charge in [0.15, 0.2) is 5.96 Å². The first-order chi connectivity index (χ1) is 11.4. The van der Waals surface area contributed by atoms with Gasteiger partial charge in [0.05, 0.1) is 12.1 Å². The van der Waals surface area contributed by atoms with Crippen molar-refractivity contribution in [3.63, 3.8) is 0 Å². The molecule has 0 spiro atoms. The molecule has 0 aliphatic carbocycles. The zero-order chi connectivity index (χ0) is 17.6. The molecule has 1 aliphatic rings. The Balaban J connectivity index is 1.74. The van der Waals surface area contributed by atoms with E-state index in [1.165, 1.54) is 6.07 Å². The van der Waals surface area contributed by atoms with E-state index in [1.54, 1.807) is 7.05 Å². The van der Waals surface area contributed by atoms with Gasteiger partial charge in [-0.3, -0.25) is 4.99 Å². The average molecular weight is 344 g/mol. The van der Waals surface area contributed by atoms with Crippen LogP contribution in [0, 0.1) is 5.92 Å². The molecule has 0 amide bonds. The molecule has 24 heavy (non-hydrogen) atoms. The summed E-state index contributed by atoms with van der Waals surface area (Å²) in [6, 6.07) is 2.19. The van der Waals surface area contributed by atoms with Gasteiger partial charge in [-0.1, -0.05) is 6.92 Å². The lowest BCUT2D eigenvalue weighted by atomic mass is 10.00. The third kappa shape index (κ3) is 5.28. The number of halogens is 3. The number of guanidine groups is 1. The number of likely N-dealkylation sites (tertiary alicyclic amines) is 1. The van der Waals surface area contributed by atoms with Gasteiger partial charge in [-0.2, -0.15) is 13.2 Å². The van der Waals surface area contributed by atoms with Crippen LogP contribution in [-0.4, -0.2) is 49.1 Å². The molecule has 0 atom stereocenters. The summed E-state index contributed by atoms with van der Waals surface area (Å²) in [5.41, 5.74) is -0.785. The molecule has 0 radical (unpaired) electrons. The summed E-state index contributed by atoms with van der Waals surface area (Å²) < 4.78 is 42.7. The fraction of sp³-hybridized carbons (Fsp3) is 0.625. The van der Waals surface area contributed by atoms with E-state index >= 15 is 0 Å². The number of aromatic nitrogens is 1. The van der Waals surface area contributed by atoms with Crippen LogP contribution < -0.4 is 10.1 Å². The first kappa shape index (κ1) is 18.4. The number of aliphatic imine (C=N–C) groups is 1. The van der Waals surface area contributed by atoms with E-state index in [2.05, 4.69) is 27.1 Å². The summed E-state index contributed by atoms with van der Waals surface area (Å²) >= 11 is 0. The molecule has 1 aliphatic heterocycles. The molecule has 134 valence electrons. The normalized spacial score (nSPS) is 17.0. The molecule has 5 nitrogen and oxygen atoms in total. The lowest BCUT2D eigenvalue weighted by Crippen LogP contribution is -2.46. The second kappa shape index (κ2) is 8.21. The number of hydrogen-bond acceptors (Lipinski definition) is 3. The number of nitrogens with zero attached hydrogens (tertiary/aromatic N) is 3. The van der Waals surface area contributed by atoms with Gasteiger partial charge < -0.3 is 15.0 Å². The van der Waals surface area contributed by atoms with E-state index in [9.17, 15) is 13.2 Å². The Morgan fingerprint density at radius 2 is 2.08 bits per heavy atom. The van der Waals surface area contributed by atoms with Crippen molar-refractivity contribution >= 4 is 5.96 Å². The van der Waals surface area contributed by atoms with Crippen LogP contribution in [0.5, 0.6) is 5.88 Å². The molecule has 2 rings (SSSR count). The largest absolute Gasteiger partial charge is 0.476 e. The zero-order valence-electron chi connectivity index (χ0n) is 13.9. The molecule has 0 unspecified atom stereocenters. The Hall–Kier alpha value is -1.99. The van der Waals surface area contributed by atoms with Crippen LogP contribution in [0.15, 0.2) is 23.3 Å². The molecule has 0 aromatic carbocycles. The second-order valence-electron chi connectivity index (χ2n) is 5.87. The molecule has 1 aromatic rings. The van der Waals surface area contributed by atoms with Crippen molar-refractivity contribution in [1.29, 1.82) is 0 Å². The molecule has 2 heterocycles. The van der Waals surface area contributed by atoms with Crippen molar-refractivity contribution in [3.8, 4) is 5.88 Å². The van der Waals surface area contributed by atoms with Gasteiger partial charge in [-0.25, -0.2) is 4.98 Å². The number of pyridine rings is 1. The number of piperidine rings is 1. The quantitative estimate of drug-likeness (QED) is 0.518. The minimum atomic E-state index is -4.38. The van der Waals surface area contributed by atoms with Crippen LogP contribution in [0.4, 0.5) is 13.2 Å². The Morgan fingerprint density at radius 1 is 1.38 bits per heavy atom. The Morgan fingerprint density at radius 3 is 2.62 bits per heavy atom. The number of rotatable bonds is 4. The average Bonchev–Trinajstić information content (AvgIpc) is 2.56. The lowest BCUT2D eigenvalue weighted by molar-refractivity contribution is -0.137. The van der Waals surface area contributed by atoms with Crippen molar-refractivity contribution < 1.29 is 17.9 Å². The zero-order valence-corrected chi connectivity index (χ0v) is 13.9. The third-order valence-electron chi connectivity index (χ3n) is 3.99. The van der Waals surface area contributed by atoms with Gasteiger partial charge >= 0.3 is 6.18 Å². The molecular weight excluding hydrogens is 321 g/mol. The van der Waals surface area contributed by atoms with Gasteiger partial charge in [0.1, 0.15) is 6.61 Å². The minimum Gasteiger partial charge on any atom is -0.476 e. The van der Waals surface area contributed by atoms with E-state index in [0.717, 1.165) is 50.1 Å². The van der Waals surface area contributed by atoms with E-state index < -0.39 is 11.7 Å². The Labute approximate surface area is 139 Å². The molecule has 0 saturated carbocycles. The van der Waals surface area contributed by atoms with Gasteiger partial charge in [0, 0.05) is 32.4 Å². The van der Waals surface area contributed by atoms with Crippen molar-refractivity contribution in [3.05, 3.63) is 23.9 Å². The van der Waals surface area contributed by atoms with Gasteiger partial charge in [0.25, 0.3) is 0 Å². The molecular formula is C16H23F3N4O. The van der Waals surface area contributed by atoms with E-state index in [4.69, 9.17) is 4.74 Å². The van der Waals surface area contributed by atoms with Gasteiger partial charge in [-0.05, 0) is 24.8 Å². The SMILES string of the molecule is CN=C(NCCOc1ccc(C(F)(F)F)cn1)N1CCC(C)CC1. The van der Waals surface area contributed by atoms with Crippen LogP contribution in [0.2, 0.25) is 0 Å². The van der Waals surface area contributed by atoms with Crippen molar-refractivity contribution in [2.45, 2.75) is 25.9 Å². The maximum atomic E-state index is 12.4. The smallest absolute Gasteiger partial charge is 0.417 e. The summed E-state index contributed by atoms with van der Waals surface area (Å²) in [4.78, 5) is 10.1. The fourth-order valence-corrected chi connectivity index (χ4v) is 2.50. The van der Waals surface area contributed by atoms with E-state index in [-0.39, 0.29) is 5.88 Å². The van der Waals surface area contributed by atoms with Gasteiger partial charge in [0.2, 0.25) is 5.88 Å². The summed E-state index contributed by atoms with van der Waals surface area (Å²) in [5.74, 6) is 1.74. The molecule has 1 fully saturated rings. The summed E-state index contributed by atoms with van der Waals surface area (Å²) in [6.07, 6.45) is -1.32. The molecule has 1 aromatic heterocycles. The highest BCUT2D eigenvalue weighted by atomic mass is 19.4. The topological polar surface area (TPSA) is 49.8 Å². The maximum absolute atomic E-state index is 12.4. The Bertz CT molecular complexity index is 537. The van der Waals surface area contributed by atoms with E-state index in [1.807, 2.05) is 0 Å². The van der Waals surface area contributed by atoms with Crippen molar-refractivity contribution in [2.75, 3.05) is 33.3 Å². The monoisotopic (exact) mass is 344 g/mol. The predicted molar refractivity (Wildman–Crippen MR) is 86.1 cm³/mol. The van der Waals surface area contributed by atoms with Crippen LogP contribution >= 0.6 is 0 Å². The molecule has 1 N–H and O–H groups in total. The lowest BCUT2D eigenvalue weighted by Gasteiger charge is -2.32. The van der Waals surface area contributed by atoms with Crippen molar-refractivity contribution in [2.24, 2.45) is 10.9 Å². The maximum Gasteiger partial charge on any atom is 0.417 e. The highest BCUT2D eigenvalue weighted by molar-refractivity contribution is 5.79. The minimum absolute atomic E-state index is 0.173. The highest BCUT2D eigenvalue weighted by Crippen LogP contribution is 2.29. The number of alkyl halides is 3. The molecule has 0 bridgehead atoms. The first-order valence-corrected chi connectivity index (χ1v) is 8.02. The summed E-state index contributed by atoms with van der Waals surface area (Å²) in [6.45, 7) is 4.99. The van der Waals surface area contributed by atoms with Gasteiger partial charge in [-0.15, -0.1) is 0 Å². The summed E-state index contributed by atoms with van der Waals surface area (Å²) in [7, 11) is 1.73. The van der Waals surface area contributed by atoms with Crippen LogP contribution in [0.1, 0.15) is 25.3 Å². The fourth-order valence-electron chi connectivity index (χ4n) is 2.50. The standard InChI is InChI=1S/C16H23F3N4O/c1-12-5-8-23(9-6-12)15(20-2)21-7-10-24-14-4-3-13(11-22-14)16(17,18)19/h3-4,11-12H,5-10H2,1-2H3,(H,20,21). The van der Waals surface area contributed by atoms with Crippen LogP contribution in [0.3, 0.4) is 0 Å². The summed E-state index contributed by atoms with van der Waals surface area (Å²) in [5, 5.41) is 3.20. The number of hydrogen-bond donors (Lipinski definition) is 1. The molecule has 1 saturated heterocycles. The Kier molecular flexibility index (Phi) is 6.28. The van der Waals surface area contributed by atoms with Crippen LogP contribution in [0.25, 0.3) is 0 Å². The number of nitrogens with one attached hydrogen (secondary N) is 1. The first-order valence-electron chi connectivity index (χ1n) is 8.02. The third-order valence-corrected chi connectivity index (χ3v) is 3.99. The predicted octanol–water partition coefficient (Wildman–Crippen LogP) is 2.79. The number of ether oxygens (including phenoxy) is 1. The van der Waals surface area contributed by atoms with E-state index in [0.29, 0.717) is 13.2 Å². The molecule has 8 heteroatoms. The second-order valence-corrected chi connectivity index (χ2v) is 5.87. The van der Waals surface area contributed by atoms with Crippen molar-refractivity contribution in [1.82, 2.24) is 15.2 Å². The van der Waals surface area contributed by atoms with Crippen LogP contribution in [-0.2, 0) is 6.18 Å². The highest BCUT2D eigenvalue weighted by Gasteiger charge is 2.30.